The largest absolute Gasteiger partial charge is 0.744 e. The molecule has 1 aromatic rings. The van der Waals surface area contributed by atoms with Gasteiger partial charge in [-0.1, -0.05) is 90.7 Å². The van der Waals surface area contributed by atoms with Crippen molar-refractivity contribution in [3.8, 4) is 0 Å². The molecule has 0 bridgehead atoms. The smallest absolute Gasteiger partial charge is 0.288 e. The number of para-hydroxylation sites is 1. The number of hydrogen-bond donors (Lipinski definition) is 1. The highest BCUT2D eigenvalue weighted by atomic mass is 32.2. The van der Waals surface area contributed by atoms with Gasteiger partial charge < -0.3 is 24.1 Å². The summed E-state index contributed by atoms with van der Waals surface area (Å²) in [4.78, 5) is -0.202. The van der Waals surface area contributed by atoms with Crippen molar-refractivity contribution in [3.05, 3.63) is 24.3 Å². The van der Waals surface area contributed by atoms with E-state index >= 15 is 0 Å². The molecule has 0 aliphatic carbocycles. The monoisotopic (exact) mass is 515 g/mol. The Hall–Kier alpha value is -1.03. The Morgan fingerprint density at radius 1 is 0.743 bits per heavy atom. The summed E-state index contributed by atoms with van der Waals surface area (Å²) in [5, 5.41) is 1.76. The Kier molecular flexibility index (Phi) is 17.5. The van der Waals surface area contributed by atoms with Crippen molar-refractivity contribution in [2.24, 2.45) is 0 Å². The van der Waals surface area contributed by atoms with Gasteiger partial charge in [0.15, 0.2) is 0 Å². The van der Waals surface area contributed by atoms with Crippen LogP contribution in [0, 0.1) is 0 Å². The third kappa shape index (κ3) is 14.3. The van der Waals surface area contributed by atoms with Crippen LogP contribution in [-0.2, 0) is 24.3 Å². The van der Waals surface area contributed by atoms with Gasteiger partial charge in [0, 0.05) is 6.07 Å². The minimum Gasteiger partial charge on any atom is -0.744 e. The zero-order valence-electron chi connectivity index (χ0n) is 22.3. The van der Waals surface area contributed by atoms with E-state index in [1.165, 1.54) is 25.3 Å². The molecule has 204 valence electrons. The van der Waals surface area contributed by atoms with E-state index in [-0.39, 0.29) is 4.90 Å². The van der Waals surface area contributed by atoms with Gasteiger partial charge in [0.25, 0.3) is 5.97 Å². The number of hydrogen-bond acceptors (Lipinski definition) is 6. The molecule has 7 nitrogen and oxygen atoms in total. The lowest BCUT2D eigenvalue weighted by molar-refractivity contribution is -0.583. The molecule has 0 saturated carbocycles. The van der Waals surface area contributed by atoms with Gasteiger partial charge in [0.2, 0.25) is 0 Å². The first-order valence-corrected chi connectivity index (χ1v) is 15.1. The zero-order chi connectivity index (χ0) is 25.8. The van der Waals surface area contributed by atoms with Crippen molar-refractivity contribution >= 4 is 15.8 Å². The highest BCUT2D eigenvalue weighted by Crippen LogP contribution is 2.23. The zero-order valence-corrected chi connectivity index (χ0v) is 23.1. The van der Waals surface area contributed by atoms with Crippen molar-refractivity contribution in [1.82, 2.24) is 0 Å². The molecule has 0 aliphatic rings. The molecule has 8 heteroatoms. The molecule has 0 heterocycles. The standard InChI is InChI=1S/C27H49NO6S/c1-4-7-10-15-22-32-27(33-23-16-11-8-5-2,34-24-17-12-9-6-3)20-21-28-25-18-13-14-19-26(25)35(29,30)31/h13-14,18-19,28H,4-12,15-17,20-24H2,1-3H3,(H,29,30,31). The molecule has 0 radical (unpaired) electrons. The molecule has 0 aromatic heterocycles. The van der Waals surface area contributed by atoms with Crippen molar-refractivity contribution in [2.75, 3.05) is 26.4 Å². The number of benzene rings is 1. The molecule has 1 rings (SSSR count). The summed E-state index contributed by atoms with van der Waals surface area (Å²) in [7, 11) is -4.54. The quantitative estimate of drug-likeness (QED) is 0.0878. The second-order valence-corrected chi connectivity index (χ2v) is 10.5. The maximum absolute atomic E-state index is 11.6. The maximum Gasteiger partial charge on any atom is 0.288 e. The third-order valence-electron chi connectivity index (χ3n) is 5.96. The first kappa shape index (κ1) is 32.0. The summed E-state index contributed by atoms with van der Waals surface area (Å²) in [6, 6.07) is 6.28. The van der Waals surface area contributed by atoms with E-state index in [4.69, 9.17) is 14.2 Å². The molecule has 2 N–H and O–H groups in total. The topological polar surface area (TPSA) is 102 Å². The summed E-state index contributed by atoms with van der Waals surface area (Å²) in [6.07, 6.45) is 13.5. The lowest BCUT2D eigenvalue weighted by Gasteiger charge is -2.33. The van der Waals surface area contributed by atoms with Crippen LogP contribution in [0.5, 0.6) is 0 Å². The molecule has 0 atom stereocenters. The van der Waals surface area contributed by atoms with Crippen molar-refractivity contribution in [1.29, 1.82) is 0 Å². The predicted octanol–water partition coefficient (Wildman–Crippen LogP) is 5.62. The van der Waals surface area contributed by atoms with E-state index in [0.717, 1.165) is 57.8 Å². The average Bonchev–Trinajstić information content (AvgIpc) is 2.83. The van der Waals surface area contributed by atoms with Gasteiger partial charge in [-0.05, 0) is 25.3 Å². The van der Waals surface area contributed by atoms with Crippen LogP contribution in [0.4, 0.5) is 5.69 Å². The van der Waals surface area contributed by atoms with Crippen molar-refractivity contribution < 1.29 is 32.5 Å². The average molecular weight is 516 g/mol. The van der Waals surface area contributed by atoms with Crippen LogP contribution in [0.1, 0.15) is 104 Å². The molecule has 0 aliphatic heterocycles. The molecule has 1 aromatic carbocycles. The summed E-state index contributed by atoms with van der Waals surface area (Å²) in [5.74, 6) is -1.16. The maximum atomic E-state index is 11.6. The van der Waals surface area contributed by atoms with Crippen LogP contribution in [0.2, 0.25) is 0 Å². The molecular weight excluding hydrogens is 466 g/mol. The van der Waals surface area contributed by atoms with Crippen LogP contribution in [0.25, 0.3) is 0 Å². The first-order chi connectivity index (χ1) is 16.9. The van der Waals surface area contributed by atoms with Crippen LogP contribution < -0.4 is 5.32 Å². The molecular formula is C27H49NO6S. The van der Waals surface area contributed by atoms with Crippen molar-refractivity contribution in [2.45, 2.75) is 115 Å². The van der Waals surface area contributed by atoms with Crippen LogP contribution in [-0.4, -0.2) is 45.3 Å². The SMILES string of the molecule is CCCCCCOC(CC[NH2+]c1ccccc1S(=O)(=O)[O-])(OCCCCCC)OCCCCCC. The lowest BCUT2D eigenvalue weighted by atomic mass is 10.2. The van der Waals surface area contributed by atoms with Crippen LogP contribution >= 0.6 is 0 Å². The lowest BCUT2D eigenvalue weighted by Crippen LogP contribution is -2.79. The van der Waals surface area contributed by atoms with Gasteiger partial charge in [0.1, 0.15) is 20.7 Å². The van der Waals surface area contributed by atoms with E-state index in [1.54, 1.807) is 23.5 Å². The van der Waals surface area contributed by atoms with Gasteiger partial charge in [-0.25, -0.2) is 8.42 Å². The summed E-state index contributed by atoms with van der Waals surface area (Å²) < 4.78 is 53.8. The van der Waals surface area contributed by atoms with E-state index in [2.05, 4.69) is 20.8 Å². The highest BCUT2D eigenvalue weighted by molar-refractivity contribution is 7.85. The fourth-order valence-corrected chi connectivity index (χ4v) is 4.58. The van der Waals surface area contributed by atoms with Gasteiger partial charge in [-0.15, -0.1) is 0 Å². The molecule has 0 spiro atoms. The predicted molar refractivity (Wildman–Crippen MR) is 138 cm³/mol. The van der Waals surface area contributed by atoms with E-state index in [9.17, 15) is 13.0 Å². The van der Waals surface area contributed by atoms with Gasteiger partial charge >= 0.3 is 0 Å². The minimum absolute atomic E-state index is 0.202. The first-order valence-electron chi connectivity index (χ1n) is 13.7. The normalized spacial score (nSPS) is 12.3. The van der Waals surface area contributed by atoms with Crippen LogP contribution in [0.3, 0.4) is 0 Å². The fourth-order valence-electron chi connectivity index (χ4n) is 3.89. The second-order valence-electron chi connectivity index (χ2n) is 9.15. The second kappa shape index (κ2) is 19.1. The third-order valence-corrected chi connectivity index (χ3v) is 6.87. The molecule has 0 saturated heterocycles. The Morgan fingerprint density at radius 2 is 1.20 bits per heavy atom. The molecule has 35 heavy (non-hydrogen) atoms. The Morgan fingerprint density at radius 3 is 1.63 bits per heavy atom. The minimum atomic E-state index is -4.54. The van der Waals surface area contributed by atoms with Crippen LogP contribution in [0.15, 0.2) is 29.2 Å². The van der Waals surface area contributed by atoms with Gasteiger partial charge in [-0.2, -0.15) is 0 Å². The summed E-state index contributed by atoms with van der Waals surface area (Å²) in [6.45, 7) is 8.66. The number of quaternary nitrogens is 1. The van der Waals surface area contributed by atoms with E-state index in [1.807, 2.05) is 0 Å². The molecule has 0 fully saturated rings. The van der Waals surface area contributed by atoms with E-state index in [0.29, 0.717) is 38.5 Å². The number of unbranched alkanes of at least 4 members (excludes halogenated alkanes) is 9. The molecule has 0 unspecified atom stereocenters. The van der Waals surface area contributed by atoms with E-state index < -0.39 is 16.1 Å². The number of rotatable bonds is 23. The number of nitrogens with two attached hydrogens (primary N) is 1. The molecule has 0 amide bonds. The Labute approximate surface area is 214 Å². The van der Waals surface area contributed by atoms with Crippen molar-refractivity contribution in [3.63, 3.8) is 0 Å². The number of ether oxygens (including phenoxy) is 3. The fraction of sp³-hybridized carbons (Fsp3) is 0.778. The highest BCUT2D eigenvalue weighted by Gasteiger charge is 2.34. The summed E-state index contributed by atoms with van der Waals surface area (Å²) >= 11 is 0. The Balaban J connectivity index is 2.89. The van der Waals surface area contributed by atoms with Gasteiger partial charge in [0.05, 0.1) is 32.8 Å². The summed E-state index contributed by atoms with van der Waals surface area (Å²) in [5.41, 5.74) is 0.408. The Bertz CT molecular complexity index is 720. The van der Waals surface area contributed by atoms with Gasteiger partial charge in [-0.3, -0.25) is 0 Å².